The van der Waals surface area contributed by atoms with E-state index in [9.17, 15) is 4.79 Å². The normalized spacial score (nSPS) is 10.3. The van der Waals surface area contributed by atoms with Gasteiger partial charge in [-0.2, -0.15) is 0 Å². The summed E-state index contributed by atoms with van der Waals surface area (Å²) in [5, 5.41) is 3.87. The Kier molecular flexibility index (Phi) is 3.76. The maximum Gasteiger partial charge on any atom is 0.161 e. The number of rotatable bonds is 3. The smallest absolute Gasteiger partial charge is 0.161 e. The molecule has 0 aromatic heterocycles. The van der Waals surface area contributed by atoms with Crippen LogP contribution in [-0.2, 0) is 0 Å². The highest BCUT2D eigenvalue weighted by molar-refractivity contribution is 6.33. The average Bonchev–Trinajstić information content (AvgIpc) is 2.33. The van der Waals surface area contributed by atoms with Crippen molar-refractivity contribution in [3.05, 3.63) is 52.5 Å². The van der Waals surface area contributed by atoms with Gasteiger partial charge in [-0.15, -0.1) is 0 Å². The third-order valence-electron chi connectivity index (χ3n) is 2.92. The number of carbonyl (C=O) groups excluding carboxylic acids is 1. The standard InChI is InChI=1S/C15H15ClN2O/c1-9-4-3-5-13(16)15(9)18-11-6-7-12(10(2)19)14(17)8-11/h3-8,18H,17H2,1-2H3. The van der Waals surface area contributed by atoms with E-state index in [2.05, 4.69) is 5.32 Å². The van der Waals surface area contributed by atoms with Gasteiger partial charge in [0, 0.05) is 16.9 Å². The van der Waals surface area contributed by atoms with Crippen LogP contribution >= 0.6 is 11.6 Å². The molecule has 0 unspecified atom stereocenters. The highest BCUT2D eigenvalue weighted by Crippen LogP contribution is 2.30. The molecule has 0 aliphatic rings. The predicted molar refractivity (Wildman–Crippen MR) is 80.3 cm³/mol. The summed E-state index contributed by atoms with van der Waals surface area (Å²) in [6.45, 7) is 3.47. The summed E-state index contributed by atoms with van der Waals surface area (Å²) in [5.41, 5.74) is 9.54. The lowest BCUT2D eigenvalue weighted by atomic mass is 10.1. The number of nitrogens with two attached hydrogens (primary N) is 1. The zero-order valence-electron chi connectivity index (χ0n) is 10.8. The van der Waals surface area contributed by atoms with E-state index in [0.29, 0.717) is 16.3 Å². The maximum atomic E-state index is 11.3. The minimum absolute atomic E-state index is 0.0435. The van der Waals surface area contributed by atoms with Crippen LogP contribution in [0.2, 0.25) is 5.02 Å². The zero-order chi connectivity index (χ0) is 14.0. The summed E-state index contributed by atoms with van der Waals surface area (Å²) in [7, 11) is 0. The van der Waals surface area contributed by atoms with Crippen LogP contribution in [0.15, 0.2) is 36.4 Å². The summed E-state index contributed by atoms with van der Waals surface area (Å²) in [6, 6.07) is 11.0. The van der Waals surface area contributed by atoms with Crippen LogP contribution < -0.4 is 11.1 Å². The molecule has 3 N–H and O–H groups in total. The van der Waals surface area contributed by atoms with Gasteiger partial charge in [-0.1, -0.05) is 23.7 Å². The Labute approximate surface area is 117 Å². The van der Waals surface area contributed by atoms with Crippen LogP contribution in [0.5, 0.6) is 0 Å². The number of hydrogen-bond acceptors (Lipinski definition) is 3. The van der Waals surface area contributed by atoms with Crippen molar-refractivity contribution in [2.24, 2.45) is 0 Å². The number of halogens is 1. The number of para-hydroxylation sites is 1. The molecule has 19 heavy (non-hydrogen) atoms. The third kappa shape index (κ3) is 2.88. The predicted octanol–water partition coefficient (Wildman–Crippen LogP) is 4.18. The molecule has 0 saturated heterocycles. The van der Waals surface area contributed by atoms with Gasteiger partial charge in [0.25, 0.3) is 0 Å². The van der Waals surface area contributed by atoms with Crippen LogP contribution in [0.25, 0.3) is 0 Å². The van der Waals surface area contributed by atoms with Crippen molar-refractivity contribution in [1.82, 2.24) is 0 Å². The molecule has 0 heterocycles. The minimum Gasteiger partial charge on any atom is -0.398 e. The van der Waals surface area contributed by atoms with E-state index in [1.54, 1.807) is 12.1 Å². The highest BCUT2D eigenvalue weighted by atomic mass is 35.5. The Morgan fingerprint density at radius 1 is 1.26 bits per heavy atom. The zero-order valence-corrected chi connectivity index (χ0v) is 11.6. The van der Waals surface area contributed by atoms with Gasteiger partial charge in [-0.05, 0) is 43.7 Å². The third-order valence-corrected chi connectivity index (χ3v) is 3.24. The number of Topliss-reactive ketones (excluding diaryl/α,β-unsaturated/α-hetero) is 1. The van der Waals surface area contributed by atoms with E-state index in [4.69, 9.17) is 17.3 Å². The molecule has 0 amide bonds. The molecular formula is C15H15ClN2O. The summed E-state index contributed by atoms with van der Waals surface area (Å²) >= 11 is 6.15. The van der Waals surface area contributed by atoms with Crippen molar-refractivity contribution in [3.8, 4) is 0 Å². The van der Waals surface area contributed by atoms with Gasteiger partial charge in [0.15, 0.2) is 5.78 Å². The fourth-order valence-electron chi connectivity index (χ4n) is 1.90. The Hall–Kier alpha value is -2.00. The number of aryl methyl sites for hydroxylation is 1. The van der Waals surface area contributed by atoms with Gasteiger partial charge in [0.05, 0.1) is 10.7 Å². The quantitative estimate of drug-likeness (QED) is 0.652. The van der Waals surface area contributed by atoms with Gasteiger partial charge in [-0.25, -0.2) is 0 Å². The molecule has 0 aliphatic carbocycles. The number of hydrogen-bond donors (Lipinski definition) is 2. The second-order valence-electron chi connectivity index (χ2n) is 4.41. The first kappa shape index (κ1) is 13.4. The van der Waals surface area contributed by atoms with Crippen molar-refractivity contribution in [2.45, 2.75) is 13.8 Å². The van der Waals surface area contributed by atoms with Gasteiger partial charge < -0.3 is 11.1 Å². The van der Waals surface area contributed by atoms with Crippen molar-refractivity contribution in [3.63, 3.8) is 0 Å². The molecular weight excluding hydrogens is 260 g/mol. The van der Waals surface area contributed by atoms with E-state index < -0.39 is 0 Å². The largest absolute Gasteiger partial charge is 0.398 e. The molecule has 4 heteroatoms. The summed E-state index contributed by atoms with van der Waals surface area (Å²) in [5.74, 6) is -0.0435. The van der Waals surface area contributed by atoms with Crippen LogP contribution in [0, 0.1) is 6.92 Å². The summed E-state index contributed by atoms with van der Waals surface area (Å²) in [6.07, 6.45) is 0. The van der Waals surface area contributed by atoms with Gasteiger partial charge >= 0.3 is 0 Å². The second-order valence-corrected chi connectivity index (χ2v) is 4.82. The van der Waals surface area contributed by atoms with Gasteiger partial charge in [0.2, 0.25) is 0 Å². The van der Waals surface area contributed by atoms with Crippen molar-refractivity contribution in [1.29, 1.82) is 0 Å². The minimum atomic E-state index is -0.0435. The lowest BCUT2D eigenvalue weighted by Gasteiger charge is -2.12. The van der Waals surface area contributed by atoms with Gasteiger partial charge in [0.1, 0.15) is 0 Å². The van der Waals surface area contributed by atoms with E-state index >= 15 is 0 Å². The molecule has 2 aromatic rings. The molecule has 2 aromatic carbocycles. The Morgan fingerprint density at radius 2 is 2.00 bits per heavy atom. The molecule has 98 valence electrons. The fraction of sp³-hybridized carbons (Fsp3) is 0.133. The molecule has 0 radical (unpaired) electrons. The van der Waals surface area contributed by atoms with Gasteiger partial charge in [-0.3, -0.25) is 4.79 Å². The number of ketones is 1. The summed E-state index contributed by atoms with van der Waals surface area (Å²) < 4.78 is 0. The summed E-state index contributed by atoms with van der Waals surface area (Å²) in [4.78, 5) is 11.3. The number of nitrogens with one attached hydrogen (secondary N) is 1. The first-order valence-corrected chi connectivity index (χ1v) is 6.29. The molecule has 0 aliphatic heterocycles. The number of anilines is 3. The molecule has 2 rings (SSSR count). The molecule has 0 saturated carbocycles. The van der Waals surface area contributed by atoms with Crippen LogP contribution in [0.3, 0.4) is 0 Å². The second kappa shape index (κ2) is 5.33. The number of nitrogen functional groups attached to an aromatic ring is 1. The van der Waals surface area contributed by atoms with Crippen molar-refractivity contribution < 1.29 is 4.79 Å². The lowest BCUT2D eigenvalue weighted by Crippen LogP contribution is -2.01. The van der Waals surface area contributed by atoms with E-state index in [0.717, 1.165) is 16.9 Å². The van der Waals surface area contributed by atoms with Crippen molar-refractivity contribution in [2.75, 3.05) is 11.1 Å². The van der Waals surface area contributed by atoms with E-state index in [1.165, 1.54) is 6.92 Å². The molecule has 0 spiro atoms. The Bertz CT molecular complexity index is 618. The Balaban J connectivity index is 2.34. The lowest BCUT2D eigenvalue weighted by molar-refractivity contribution is 0.101. The molecule has 3 nitrogen and oxygen atoms in total. The first-order chi connectivity index (χ1) is 8.99. The number of benzene rings is 2. The molecule has 0 bridgehead atoms. The van der Waals surface area contributed by atoms with Crippen LogP contribution in [-0.4, -0.2) is 5.78 Å². The SMILES string of the molecule is CC(=O)c1ccc(Nc2c(C)cccc2Cl)cc1N. The highest BCUT2D eigenvalue weighted by Gasteiger charge is 2.07. The topological polar surface area (TPSA) is 55.1 Å². The van der Waals surface area contributed by atoms with E-state index in [1.807, 2.05) is 31.2 Å². The Morgan fingerprint density at radius 3 is 2.58 bits per heavy atom. The monoisotopic (exact) mass is 274 g/mol. The van der Waals surface area contributed by atoms with E-state index in [-0.39, 0.29) is 5.78 Å². The average molecular weight is 275 g/mol. The number of carbonyl (C=O) groups is 1. The van der Waals surface area contributed by atoms with Crippen LogP contribution in [0.4, 0.5) is 17.1 Å². The fourth-order valence-corrected chi connectivity index (χ4v) is 2.16. The molecule has 0 atom stereocenters. The first-order valence-electron chi connectivity index (χ1n) is 5.91. The maximum absolute atomic E-state index is 11.3. The van der Waals surface area contributed by atoms with Crippen LogP contribution in [0.1, 0.15) is 22.8 Å². The molecule has 0 fully saturated rings. The van der Waals surface area contributed by atoms with Crippen molar-refractivity contribution >= 4 is 34.4 Å².